The van der Waals surface area contributed by atoms with E-state index >= 15 is 0 Å². The molecule has 0 spiro atoms. The molecule has 0 saturated heterocycles. The van der Waals surface area contributed by atoms with Gasteiger partial charge in [-0.3, -0.25) is 4.99 Å². The van der Waals surface area contributed by atoms with Gasteiger partial charge >= 0.3 is 0 Å². The van der Waals surface area contributed by atoms with Crippen LogP contribution in [0.1, 0.15) is 51.1 Å². The van der Waals surface area contributed by atoms with Crippen molar-refractivity contribution in [3.05, 3.63) is 48.0 Å². The van der Waals surface area contributed by atoms with Crippen molar-refractivity contribution >= 4 is 16.6 Å². The van der Waals surface area contributed by atoms with Gasteiger partial charge in [0.2, 0.25) is 0 Å². The van der Waals surface area contributed by atoms with E-state index in [1.165, 1.54) is 47.9 Å². The molecule has 1 aliphatic carbocycles. The summed E-state index contributed by atoms with van der Waals surface area (Å²) in [7, 11) is 2.21. The van der Waals surface area contributed by atoms with Gasteiger partial charge in [-0.15, -0.1) is 0 Å². The SMILES string of the molecule is C[C@H](c1cccc2ccccc12)N(C)C1=N[C@]1(C)C1CCCC1. The smallest absolute Gasteiger partial charge is 0.129 e. The van der Waals surface area contributed by atoms with Crippen LogP contribution < -0.4 is 0 Å². The molecule has 0 unspecified atom stereocenters. The minimum absolute atomic E-state index is 0.115. The van der Waals surface area contributed by atoms with Crippen molar-refractivity contribution in [2.75, 3.05) is 7.05 Å². The molecule has 2 nitrogen and oxygen atoms in total. The van der Waals surface area contributed by atoms with Crippen molar-refractivity contribution in [1.82, 2.24) is 4.90 Å². The lowest BCUT2D eigenvalue weighted by Gasteiger charge is -2.28. The van der Waals surface area contributed by atoms with Crippen LogP contribution in [0.3, 0.4) is 0 Å². The summed E-state index contributed by atoms with van der Waals surface area (Å²) in [6, 6.07) is 15.7. The Morgan fingerprint density at radius 2 is 1.78 bits per heavy atom. The van der Waals surface area contributed by atoms with E-state index in [9.17, 15) is 0 Å². The third-order valence-electron chi connectivity index (χ3n) is 6.08. The van der Waals surface area contributed by atoms with Gasteiger partial charge in [0, 0.05) is 7.05 Å². The van der Waals surface area contributed by atoms with Gasteiger partial charge in [-0.25, -0.2) is 0 Å². The highest BCUT2D eigenvalue weighted by molar-refractivity contribution is 6.03. The number of amidine groups is 1. The molecule has 1 saturated carbocycles. The number of benzene rings is 2. The summed E-state index contributed by atoms with van der Waals surface area (Å²) in [5.41, 5.74) is 1.51. The molecular weight excluding hydrogens is 280 g/mol. The Bertz CT molecular complexity index is 752. The van der Waals surface area contributed by atoms with Crippen LogP contribution in [0.25, 0.3) is 10.8 Å². The average molecular weight is 306 g/mol. The van der Waals surface area contributed by atoms with E-state index in [1.54, 1.807) is 0 Å². The zero-order valence-corrected chi connectivity index (χ0v) is 14.4. The summed E-state index contributed by atoms with van der Waals surface area (Å²) in [4.78, 5) is 7.34. The molecule has 1 heterocycles. The first-order valence-electron chi connectivity index (χ1n) is 8.92. The lowest BCUT2D eigenvalue weighted by Crippen LogP contribution is -2.35. The Labute approximate surface area is 139 Å². The minimum atomic E-state index is 0.115. The zero-order valence-electron chi connectivity index (χ0n) is 14.4. The molecule has 0 amide bonds. The lowest BCUT2D eigenvalue weighted by molar-refractivity contribution is 0.374. The zero-order chi connectivity index (χ0) is 16.0. The summed E-state index contributed by atoms with van der Waals surface area (Å²) < 4.78 is 0. The number of hydrogen-bond acceptors (Lipinski definition) is 2. The van der Waals surface area contributed by atoms with Crippen LogP contribution in [-0.4, -0.2) is 23.3 Å². The first-order valence-corrected chi connectivity index (χ1v) is 8.92. The van der Waals surface area contributed by atoms with Crippen LogP contribution in [0.15, 0.2) is 47.5 Å². The van der Waals surface area contributed by atoms with E-state index in [0.29, 0.717) is 6.04 Å². The third kappa shape index (κ3) is 2.36. The van der Waals surface area contributed by atoms with E-state index in [0.717, 1.165) is 5.92 Å². The van der Waals surface area contributed by atoms with Gasteiger partial charge in [0.25, 0.3) is 0 Å². The molecule has 0 N–H and O–H groups in total. The number of rotatable bonds is 3. The van der Waals surface area contributed by atoms with Crippen molar-refractivity contribution in [3.8, 4) is 0 Å². The van der Waals surface area contributed by atoms with Gasteiger partial charge < -0.3 is 4.90 Å². The molecule has 23 heavy (non-hydrogen) atoms. The second-order valence-electron chi connectivity index (χ2n) is 7.42. The van der Waals surface area contributed by atoms with Crippen LogP contribution in [0, 0.1) is 5.92 Å². The Hall–Kier alpha value is -1.83. The summed E-state index contributed by atoms with van der Waals surface area (Å²) in [6.07, 6.45) is 5.46. The fourth-order valence-electron chi connectivity index (χ4n) is 4.40. The van der Waals surface area contributed by atoms with E-state index in [2.05, 4.69) is 68.3 Å². The van der Waals surface area contributed by atoms with Crippen molar-refractivity contribution < 1.29 is 0 Å². The molecule has 2 heteroatoms. The Morgan fingerprint density at radius 3 is 2.57 bits per heavy atom. The molecule has 2 aromatic carbocycles. The van der Waals surface area contributed by atoms with E-state index in [4.69, 9.17) is 4.99 Å². The lowest BCUT2D eigenvalue weighted by atomic mass is 9.89. The maximum atomic E-state index is 4.94. The second kappa shape index (κ2) is 5.36. The van der Waals surface area contributed by atoms with Crippen LogP contribution in [-0.2, 0) is 0 Å². The van der Waals surface area contributed by atoms with Crippen LogP contribution in [0.2, 0.25) is 0 Å². The first kappa shape index (κ1) is 14.7. The van der Waals surface area contributed by atoms with Gasteiger partial charge in [-0.05, 0) is 48.9 Å². The van der Waals surface area contributed by atoms with Crippen molar-refractivity contribution in [1.29, 1.82) is 0 Å². The van der Waals surface area contributed by atoms with Gasteiger partial charge in [0.1, 0.15) is 11.4 Å². The molecule has 2 aliphatic rings. The number of nitrogens with zero attached hydrogens (tertiary/aromatic N) is 2. The maximum Gasteiger partial charge on any atom is 0.129 e. The summed E-state index contributed by atoms with van der Waals surface area (Å²) in [5, 5.41) is 2.68. The summed E-state index contributed by atoms with van der Waals surface area (Å²) in [6.45, 7) is 4.64. The average Bonchev–Trinajstić information content (AvgIpc) is 3.01. The van der Waals surface area contributed by atoms with Gasteiger partial charge in [-0.2, -0.15) is 0 Å². The molecule has 2 aromatic rings. The Kier molecular flexibility index (Phi) is 3.44. The van der Waals surface area contributed by atoms with E-state index in [-0.39, 0.29) is 5.54 Å². The molecule has 2 atom stereocenters. The number of hydrogen-bond donors (Lipinski definition) is 0. The van der Waals surface area contributed by atoms with Crippen molar-refractivity contribution in [2.24, 2.45) is 10.9 Å². The highest BCUT2D eigenvalue weighted by atomic mass is 15.3. The predicted octanol–water partition coefficient (Wildman–Crippen LogP) is 5.19. The van der Waals surface area contributed by atoms with Crippen LogP contribution in [0.4, 0.5) is 0 Å². The quantitative estimate of drug-likeness (QED) is 0.761. The van der Waals surface area contributed by atoms with Crippen molar-refractivity contribution in [3.63, 3.8) is 0 Å². The molecule has 0 radical (unpaired) electrons. The fraction of sp³-hybridized carbons (Fsp3) is 0.476. The molecule has 1 aliphatic heterocycles. The highest BCUT2D eigenvalue weighted by Crippen LogP contribution is 2.46. The van der Waals surface area contributed by atoms with Gasteiger partial charge in [0.05, 0.1) is 6.04 Å². The Morgan fingerprint density at radius 1 is 1.09 bits per heavy atom. The molecule has 1 fully saturated rings. The van der Waals surface area contributed by atoms with Crippen molar-refractivity contribution in [2.45, 2.75) is 51.1 Å². The largest absolute Gasteiger partial charge is 0.355 e. The number of likely N-dealkylation sites (N-methyl/N-ethyl adjacent to an activating group) is 1. The monoisotopic (exact) mass is 306 g/mol. The maximum absolute atomic E-state index is 4.94. The normalized spacial score (nSPS) is 25.4. The highest BCUT2D eigenvalue weighted by Gasteiger charge is 2.52. The predicted molar refractivity (Wildman–Crippen MR) is 97.9 cm³/mol. The number of aliphatic imine (C=N–C) groups is 1. The molecule has 0 bridgehead atoms. The third-order valence-corrected chi connectivity index (χ3v) is 6.08. The molecular formula is C21H26N2. The van der Waals surface area contributed by atoms with E-state index in [1.807, 2.05) is 0 Å². The first-order chi connectivity index (χ1) is 11.1. The topological polar surface area (TPSA) is 15.6 Å². The standard InChI is InChI=1S/C21H26N2/c1-15(18-14-8-10-16-9-4-7-13-19(16)18)23(3)20-21(2,22-20)17-11-5-6-12-17/h4,7-10,13-15,17H,5-6,11-12H2,1-3H3/t15-,21-/m1/s1. The number of fused-ring (bicyclic) bond motifs is 1. The fourth-order valence-corrected chi connectivity index (χ4v) is 4.40. The Balaban J connectivity index is 1.59. The molecule has 4 rings (SSSR count). The summed E-state index contributed by atoms with van der Waals surface area (Å²) in [5.74, 6) is 2.07. The van der Waals surface area contributed by atoms with Crippen LogP contribution in [0.5, 0.6) is 0 Å². The molecule has 120 valence electrons. The van der Waals surface area contributed by atoms with Gasteiger partial charge in [0.15, 0.2) is 0 Å². The van der Waals surface area contributed by atoms with Crippen LogP contribution >= 0.6 is 0 Å². The van der Waals surface area contributed by atoms with E-state index < -0.39 is 0 Å². The minimum Gasteiger partial charge on any atom is -0.355 e. The second-order valence-corrected chi connectivity index (χ2v) is 7.42. The van der Waals surface area contributed by atoms with Gasteiger partial charge in [-0.1, -0.05) is 55.3 Å². The summed E-state index contributed by atoms with van der Waals surface area (Å²) >= 11 is 0. The molecule has 0 aromatic heterocycles.